The minimum absolute atomic E-state index is 0.750. The highest BCUT2D eigenvalue weighted by Crippen LogP contribution is 2.32. The molecular weight excluding hydrogens is 112 g/mol. The van der Waals surface area contributed by atoms with Crippen molar-refractivity contribution in [2.45, 2.75) is 6.92 Å². The molecule has 0 N–H and O–H groups in total. The van der Waals surface area contributed by atoms with Crippen LogP contribution in [-0.2, 0) is 4.79 Å². The number of benzene rings is 1. The number of aldehydes is 1. The van der Waals surface area contributed by atoms with E-state index in [1.807, 2.05) is 0 Å². The molecule has 0 bridgehead atoms. The SMILES string of the molecule is CC=O.c1cc2cc-2c1. The molecule has 2 aliphatic rings. The average molecular weight is 120 g/mol. The van der Waals surface area contributed by atoms with Gasteiger partial charge in [0.25, 0.3) is 0 Å². The van der Waals surface area contributed by atoms with E-state index in [2.05, 4.69) is 24.3 Å². The molecule has 0 aromatic carbocycles. The fourth-order valence-corrected chi connectivity index (χ4v) is 0.676. The first-order valence-electron chi connectivity index (χ1n) is 2.88. The zero-order valence-electron chi connectivity index (χ0n) is 5.29. The van der Waals surface area contributed by atoms with Crippen LogP contribution in [0.3, 0.4) is 0 Å². The third-order valence-electron chi connectivity index (χ3n) is 1.11. The molecule has 9 heavy (non-hydrogen) atoms. The predicted octanol–water partition coefficient (Wildman–Crippen LogP) is 1.87. The fourth-order valence-electron chi connectivity index (χ4n) is 0.676. The lowest BCUT2D eigenvalue weighted by Gasteiger charge is -1.48. The van der Waals surface area contributed by atoms with Crippen molar-refractivity contribution >= 4 is 6.29 Å². The van der Waals surface area contributed by atoms with E-state index in [1.54, 1.807) is 0 Å². The molecule has 0 atom stereocenters. The van der Waals surface area contributed by atoms with Gasteiger partial charge < -0.3 is 4.79 Å². The summed E-state index contributed by atoms with van der Waals surface area (Å²) in [5.74, 6) is 0. The second-order valence-electron chi connectivity index (χ2n) is 1.82. The van der Waals surface area contributed by atoms with Gasteiger partial charge >= 0.3 is 0 Å². The number of carbonyl (C=O) groups is 1. The normalized spacial score (nSPS) is 9.00. The molecular formula is C8H8O. The summed E-state index contributed by atoms with van der Waals surface area (Å²) in [5, 5.41) is 0. The van der Waals surface area contributed by atoms with Crippen LogP contribution in [0.2, 0.25) is 0 Å². The minimum atomic E-state index is 0.750. The van der Waals surface area contributed by atoms with Crippen molar-refractivity contribution in [2.24, 2.45) is 0 Å². The van der Waals surface area contributed by atoms with Crippen LogP contribution in [0.1, 0.15) is 6.92 Å². The highest BCUT2D eigenvalue weighted by atomic mass is 16.1. The van der Waals surface area contributed by atoms with E-state index < -0.39 is 0 Å². The molecule has 0 aromatic heterocycles. The molecule has 0 saturated heterocycles. The summed E-state index contributed by atoms with van der Waals surface area (Å²) in [7, 11) is 0. The van der Waals surface area contributed by atoms with E-state index >= 15 is 0 Å². The van der Waals surface area contributed by atoms with Gasteiger partial charge in [-0.25, -0.2) is 0 Å². The Labute approximate surface area is 54.3 Å². The lowest BCUT2D eigenvalue weighted by atomic mass is 10.6. The van der Waals surface area contributed by atoms with Gasteiger partial charge in [0.2, 0.25) is 0 Å². The molecule has 0 heterocycles. The van der Waals surface area contributed by atoms with E-state index in [0.717, 1.165) is 6.29 Å². The molecule has 0 aliphatic heterocycles. The zero-order valence-corrected chi connectivity index (χ0v) is 5.29. The summed E-state index contributed by atoms with van der Waals surface area (Å²) in [5.41, 5.74) is 2.85. The van der Waals surface area contributed by atoms with Crippen LogP contribution in [0, 0.1) is 0 Å². The number of carbonyl (C=O) groups excluding carboxylic acids is 1. The van der Waals surface area contributed by atoms with Gasteiger partial charge in [-0.05, 0) is 24.1 Å². The highest BCUT2D eigenvalue weighted by molar-refractivity contribution is 5.80. The molecule has 46 valence electrons. The first kappa shape index (κ1) is 6.02. The van der Waals surface area contributed by atoms with E-state index in [9.17, 15) is 0 Å². The van der Waals surface area contributed by atoms with Crippen molar-refractivity contribution in [3.05, 3.63) is 24.3 Å². The largest absolute Gasteiger partial charge is 0.304 e. The third-order valence-corrected chi connectivity index (χ3v) is 1.11. The van der Waals surface area contributed by atoms with Crippen LogP contribution in [0.15, 0.2) is 24.3 Å². The van der Waals surface area contributed by atoms with E-state index in [0.29, 0.717) is 0 Å². The van der Waals surface area contributed by atoms with Crippen molar-refractivity contribution in [3.8, 4) is 11.1 Å². The lowest BCUT2D eigenvalue weighted by molar-refractivity contribution is -0.106. The summed E-state index contributed by atoms with van der Waals surface area (Å²) >= 11 is 0. The summed E-state index contributed by atoms with van der Waals surface area (Å²) in [6.07, 6.45) is 0.750. The first-order valence-corrected chi connectivity index (χ1v) is 2.88. The van der Waals surface area contributed by atoms with Crippen LogP contribution < -0.4 is 0 Å². The Morgan fingerprint density at radius 3 is 1.89 bits per heavy atom. The molecule has 0 unspecified atom stereocenters. The second-order valence-corrected chi connectivity index (χ2v) is 1.82. The van der Waals surface area contributed by atoms with Gasteiger partial charge in [0.05, 0.1) is 0 Å². The molecule has 0 radical (unpaired) electrons. The Kier molecular flexibility index (Phi) is 1.63. The summed E-state index contributed by atoms with van der Waals surface area (Å²) in [6, 6.07) is 8.48. The third kappa shape index (κ3) is 1.39. The number of rotatable bonds is 0. The molecule has 0 aromatic rings. The van der Waals surface area contributed by atoms with Crippen molar-refractivity contribution in [2.75, 3.05) is 0 Å². The van der Waals surface area contributed by atoms with Crippen LogP contribution in [0.4, 0.5) is 0 Å². The number of hydrogen-bond donors (Lipinski definition) is 0. The quantitative estimate of drug-likeness (QED) is 0.485. The Morgan fingerprint density at radius 2 is 1.78 bits per heavy atom. The molecule has 1 heteroatoms. The van der Waals surface area contributed by atoms with Gasteiger partial charge in [0.1, 0.15) is 6.29 Å². The fraction of sp³-hybridized carbons (Fsp3) is 0.125. The van der Waals surface area contributed by atoms with Gasteiger partial charge in [-0.1, -0.05) is 18.2 Å². The van der Waals surface area contributed by atoms with E-state index in [1.165, 1.54) is 18.1 Å². The molecule has 0 saturated carbocycles. The maximum atomic E-state index is 8.81. The zero-order chi connectivity index (χ0) is 6.69. The smallest absolute Gasteiger partial charge is 0.116 e. The molecule has 2 rings (SSSR count). The van der Waals surface area contributed by atoms with Crippen molar-refractivity contribution < 1.29 is 4.79 Å². The van der Waals surface area contributed by atoms with Crippen molar-refractivity contribution in [1.29, 1.82) is 0 Å². The van der Waals surface area contributed by atoms with Crippen LogP contribution in [-0.4, -0.2) is 6.29 Å². The second kappa shape index (κ2) is 2.44. The summed E-state index contributed by atoms with van der Waals surface area (Å²) < 4.78 is 0. The molecule has 0 amide bonds. The number of fused-ring (bicyclic) bond motifs is 1. The molecule has 0 spiro atoms. The van der Waals surface area contributed by atoms with E-state index in [-0.39, 0.29) is 0 Å². The maximum absolute atomic E-state index is 8.81. The van der Waals surface area contributed by atoms with Gasteiger partial charge in [-0.15, -0.1) is 0 Å². The van der Waals surface area contributed by atoms with Crippen LogP contribution in [0.5, 0.6) is 0 Å². The standard InChI is InChI=1S/C6H4.C2H4O/c1-2-5-4-6(5)3-1;1-2-3/h1-4H;2H,1H3. The van der Waals surface area contributed by atoms with Crippen LogP contribution in [0.25, 0.3) is 11.1 Å². The summed E-state index contributed by atoms with van der Waals surface area (Å²) in [4.78, 5) is 8.81. The lowest BCUT2D eigenvalue weighted by Crippen LogP contribution is -1.36. The van der Waals surface area contributed by atoms with Gasteiger partial charge in [0.15, 0.2) is 0 Å². The van der Waals surface area contributed by atoms with Gasteiger partial charge in [0, 0.05) is 0 Å². The number of hydrogen-bond acceptors (Lipinski definition) is 1. The van der Waals surface area contributed by atoms with Crippen LogP contribution >= 0.6 is 0 Å². The molecule has 1 nitrogen and oxygen atoms in total. The summed E-state index contributed by atoms with van der Waals surface area (Å²) in [6.45, 7) is 1.44. The van der Waals surface area contributed by atoms with Gasteiger partial charge in [-0.2, -0.15) is 0 Å². The topological polar surface area (TPSA) is 17.1 Å². The minimum Gasteiger partial charge on any atom is -0.304 e. The Hall–Kier alpha value is -1.11. The van der Waals surface area contributed by atoms with Crippen molar-refractivity contribution in [3.63, 3.8) is 0 Å². The average Bonchev–Trinajstić information content (AvgIpc) is 2.43. The highest BCUT2D eigenvalue weighted by Gasteiger charge is 2.06. The first-order chi connectivity index (χ1) is 4.38. The Morgan fingerprint density at radius 1 is 1.33 bits per heavy atom. The molecule has 0 fully saturated rings. The van der Waals surface area contributed by atoms with Gasteiger partial charge in [-0.3, -0.25) is 0 Å². The monoisotopic (exact) mass is 120 g/mol. The maximum Gasteiger partial charge on any atom is 0.116 e. The Balaban J connectivity index is 0.000000120. The molecule has 2 aliphatic carbocycles. The predicted molar refractivity (Wildman–Crippen MR) is 37.2 cm³/mol. The Bertz CT molecular complexity index is 198. The van der Waals surface area contributed by atoms with E-state index in [4.69, 9.17) is 4.79 Å². The van der Waals surface area contributed by atoms with Crippen molar-refractivity contribution in [1.82, 2.24) is 0 Å².